The first-order chi connectivity index (χ1) is 11.6. The Morgan fingerprint density at radius 2 is 1.71 bits per heavy atom. The van der Waals surface area contributed by atoms with Gasteiger partial charge in [-0.3, -0.25) is 9.36 Å². The number of esters is 1. The van der Waals surface area contributed by atoms with Crippen LogP contribution in [0.25, 0.3) is 16.5 Å². The molecule has 0 amide bonds. The molecule has 0 aliphatic heterocycles. The van der Waals surface area contributed by atoms with E-state index in [1.807, 2.05) is 44.2 Å². The first-order valence-electron chi connectivity index (χ1n) is 8.00. The number of nitrogens with zero attached hydrogens (tertiary/aromatic N) is 1. The van der Waals surface area contributed by atoms with Crippen LogP contribution in [0.1, 0.15) is 29.3 Å². The van der Waals surface area contributed by atoms with Crippen LogP contribution in [0.4, 0.5) is 0 Å². The lowest BCUT2D eigenvalue weighted by atomic mass is 10.1. The van der Waals surface area contributed by atoms with Gasteiger partial charge < -0.3 is 4.74 Å². The smallest absolute Gasteiger partial charge is 0.340 e. The summed E-state index contributed by atoms with van der Waals surface area (Å²) < 4.78 is 6.79. The molecule has 0 unspecified atom stereocenters. The second kappa shape index (κ2) is 6.71. The van der Waals surface area contributed by atoms with Crippen molar-refractivity contribution in [3.05, 3.63) is 76.2 Å². The van der Waals surface area contributed by atoms with Gasteiger partial charge in [0.25, 0.3) is 5.56 Å². The summed E-state index contributed by atoms with van der Waals surface area (Å²) in [6, 6.07) is 14.7. The highest BCUT2D eigenvalue weighted by Gasteiger charge is 2.16. The average Bonchev–Trinajstić information content (AvgIpc) is 2.61. The van der Waals surface area contributed by atoms with Gasteiger partial charge in [0, 0.05) is 22.7 Å². The van der Waals surface area contributed by atoms with Gasteiger partial charge in [-0.05, 0) is 31.5 Å². The minimum atomic E-state index is -0.408. The topological polar surface area (TPSA) is 48.3 Å². The molecular weight excluding hydrogens is 302 g/mol. The van der Waals surface area contributed by atoms with Crippen LogP contribution >= 0.6 is 0 Å². The van der Waals surface area contributed by atoms with E-state index < -0.39 is 5.97 Å². The summed E-state index contributed by atoms with van der Waals surface area (Å²) in [5, 5.41) is 1.12. The quantitative estimate of drug-likeness (QED) is 0.685. The van der Waals surface area contributed by atoms with Crippen molar-refractivity contribution in [3.63, 3.8) is 0 Å². The Labute approximate surface area is 140 Å². The van der Waals surface area contributed by atoms with Gasteiger partial charge in [0.2, 0.25) is 0 Å². The number of aromatic nitrogens is 1. The zero-order valence-corrected chi connectivity index (χ0v) is 13.8. The van der Waals surface area contributed by atoms with E-state index in [1.165, 1.54) is 4.57 Å². The van der Waals surface area contributed by atoms with Crippen molar-refractivity contribution in [2.75, 3.05) is 6.61 Å². The fraction of sp³-hybridized carbons (Fsp3) is 0.200. The molecule has 3 aromatic rings. The highest BCUT2D eigenvalue weighted by atomic mass is 16.5. The van der Waals surface area contributed by atoms with Crippen LogP contribution in [0.15, 0.2) is 59.5 Å². The summed E-state index contributed by atoms with van der Waals surface area (Å²) in [5.74, 6) is -0.408. The lowest BCUT2D eigenvalue weighted by Crippen LogP contribution is -2.21. The largest absolute Gasteiger partial charge is 0.462 e. The van der Waals surface area contributed by atoms with Crippen LogP contribution in [0.2, 0.25) is 0 Å². The molecule has 2 aromatic carbocycles. The molecule has 4 nitrogen and oxygen atoms in total. The van der Waals surface area contributed by atoms with Crippen molar-refractivity contribution in [3.8, 4) is 5.69 Å². The molecule has 0 aliphatic rings. The molecule has 1 aromatic heterocycles. The molecule has 4 heteroatoms. The maximum atomic E-state index is 12.8. The second-order valence-corrected chi connectivity index (χ2v) is 5.73. The Hall–Kier alpha value is -2.88. The summed E-state index contributed by atoms with van der Waals surface area (Å²) in [7, 11) is 0. The Bertz CT molecular complexity index is 939. The van der Waals surface area contributed by atoms with E-state index in [1.54, 1.807) is 24.4 Å². The van der Waals surface area contributed by atoms with E-state index in [2.05, 4.69) is 0 Å². The summed E-state index contributed by atoms with van der Waals surface area (Å²) >= 11 is 0. The van der Waals surface area contributed by atoms with Crippen LogP contribution in [-0.2, 0) is 4.74 Å². The number of hydrogen-bond donors (Lipinski definition) is 0. The fourth-order valence-corrected chi connectivity index (χ4v) is 2.62. The third kappa shape index (κ3) is 2.95. The van der Waals surface area contributed by atoms with Crippen LogP contribution in [0, 0.1) is 6.92 Å². The molecule has 0 N–H and O–H groups in total. The molecular formula is C20H19NO3. The molecule has 0 bridgehead atoms. The summed E-state index contributed by atoms with van der Waals surface area (Å²) in [6.45, 7) is 4.29. The summed E-state index contributed by atoms with van der Waals surface area (Å²) in [6.07, 6.45) is 2.33. The third-order valence-electron chi connectivity index (χ3n) is 3.89. The van der Waals surface area contributed by atoms with E-state index in [0.29, 0.717) is 22.9 Å². The van der Waals surface area contributed by atoms with Crippen LogP contribution in [0.5, 0.6) is 0 Å². The van der Waals surface area contributed by atoms with Crippen molar-refractivity contribution in [1.82, 2.24) is 4.57 Å². The number of hydrogen-bond acceptors (Lipinski definition) is 3. The highest BCUT2D eigenvalue weighted by Crippen LogP contribution is 2.19. The SMILES string of the molecule is CCCOC(=O)c1cn(-c2ccc(C)cc2)c(=O)c2ccccc12. The number of benzene rings is 2. The number of aryl methyl sites for hydroxylation is 1. The predicted octanol–water partition coefficient (Wildman–Crippen LogP) is 3.87. The number of pyridine rings is 1. The van der Waals surface area contributed by atoms with E-state index in [0.717, 1.165) is 17.7 Å². The van der Waals surface area contributed by atoms with Crippen molar-refractivity contribution in [2.45, 2.75) is 20.3 Å². The van der Waals surface area contributed by atoms with E-state index in [4.69, 9.17) is 4.74 Å². The van der Waals surface area contributed by atoms with Crippen molar-refractivity contribution < 1.29 is 9.53 Å². The molecule has 0 radical (unpaired) electrons. The van der Waals surface area contributed by atoms with Gasteiger partial charge in [-0.15, -0.1) is 0 Å². The summed E-state index contributed by atoms with van der Waals surface area (Å²) in [4.78, 5) is 25.2. The third-order valence-corrected chi connectivity index (χ3v) is 3.89. The molecule has 3 rings (SSSR count). The molecule has 1 heterocycles. The lowest BCUT2D eigenvalue weighted by molar-refractivity contribution is 0.0506. The fourth-order valence-electron chi connectivity index (χ4n) is 2.62. The molecule has 0 atom stereocenters. The number of carbonyl (C=O) groups excluding carboxylic acids is 1. The zero-order chi connectivity index (χ0) is 17.1. The number of fused-ring (bicyclic) bond motifs is 1. The van der Waals surface area contributed by atoms with Gasteiger partial charge in [-0.2, -0.15) is 0 Å². The minimum absolute atomic E-state index is 0.151. The average molecular weight is 321 g/mol. The molecule has 0 saturated heterocycles. The van der Waals surface area contributed by atoms with E-state index >= 15 is 0 Å². The second-order valence-electron chi connectivity index (χ2n) is 5.73. The standard InChI is InChI=1S/C20H19NO3/c1-3-12-24-20(23)18-13-21(15-10-8-14(2)9-11-15)19(22)17-7-5-4-6-16(17)18/h4-11,13H,3,12H2,1-2H3. The molecule has 122 valence electrons. The van der Waals surface area contributed by atoms with Crippen LogP contribution in [0.3, 0.4) is 0 Å². The number of rotatable bonds is 4. The van der Waals surface area contributed by atoms with E-state index in [9.17, 15) is 9.59 Å². The van der Waals surface area contributed by atoms with Crippen molar-refractivity contribution >= 4 is 16.7 Å². The van der Waals surface area contributed by atoms with E-state index in [-0.39, 0.29) is 5.56 Å². The van der Waals surface area contributed by atoms with Crippen molar-refractivity contribution in [1.29, 1.82) is 0 Å². The molecule has 0 aliphatic carbocycles. The zero-order valence-electron chi connectivity index (χ0n) is 13.8. The highest BCUT2D eigenvalue weighted by molar-refractivity contribution is 6.04. The molecule has 0 saturated carbocycles. The first-order valence-corrected chi connectivity index (χ1v) is 8.00. The van der Waals surface area contributed by atoms with Gasteiger partial charge in [0.1, 0.15) is 0 Å². The first kappa shape index (κ1) is 16.0. The lowest BCUT2D eigenvalue weighted by Gasteiger charge is -2.12. The Morgan fingerprint density at radius 3 is 2.38 bits per heavy atom. The molecule has 24 heavy (non-hydrogen) atoms. The number of ether oxygens (including phenoxy) is 1. The van der Waals surface area contributed by atoms with Crippen molar-refractivity contribution in [2.24, 2.45) is 0 Å². The van der Waals surface area contributed by atoms with Crippen LogP contribution in [-0.4, -0.2) is 17.1 Å². The molecule has 0 fully saturated rings. The molecule has 0 spiro atoms. The van der Waals surface area contributed by atoms with Gasteiger partial charge in [-0.25, -0.2) is 4.79 Å². The normalized spacial score (nSPS) is 10.8. The monoisotopic (exact) mass is 321 g/mol. The Morgan fingerprint density at radius 1 is 1.04 bits per heavy atom. The van der Waals surface area contributed by atoms with Gasteiger partial charge in [-0.1, -0.05) is 42.8 Å². The van der Waals surface area contributed by atoms with Gasteiger partial charge >= 0.3 is 5.97 Å². The maximum absolute atomic E-state index is 12.8. The van der Waals surface area contributed by atoms with Gasteiger partial charge in [0.15, 0.2) is 0 Å². The summed E-state index contributed by atoms with van der Waals surface area (Å²) in [5.41, 5.74) is 2.08. The Balaban J connectivity index is 2.23. The minimum Gasteiger partial charge on any atom is -0.462 e. The maximum Gasteiger partial charge on any atom is 0.340 e. The predicted molar refractivity (Wildman–Crippen MR) is 94.9 cm³/mol. The Kier molecular flexibility index (Phi) is 4.47. The number of carbonyl (C=O) groups is 1. The van der Waals surface area contributed by atoms with Crippen LogP contribution < -0.4 is 5.56 Å². The van der Waals surface area contributed by atoms with Gasteiger partial charge in [0.05, 0.1) is 12.2 Å².